The molecule has 4 rings (SSSR count). The SMILES string of the molecule is CC(O)(CNC(=O)c1cc(-c2ccco2)on1)c1cc2ccccc2o1. The summed E-state index contributed by atoms with van der Waals surface area (Å²) in [6, 6.07) is 14.1. The zero-order valence-corrected chi connectivity index (χ0v) is 13.9. The van der Waals surface area contributed by atoms with Crippen molar-refractivity contribution in [3.05, 3.63) is 66.2 Å². The van der Waals surface area contributed by atoms with Gasteiger partial charge in [0.2, 0.25) is 5.76 Å². The van der Waals surface area contributed by atoms with Crippen molar-refractivity contribution in [2.75, 3.05) is 6.54 Å². The van der Waals surface area contributed by atoms with Crippen LogP contribution in [0.1, 0.15) is 23.2 Å². The van der Waals surface area contributed by atoms with Crippen LogP contribution in [0, 0.1) is 0 Å². The Morgan fingerprint density at radius 1 is 1.19 bits per heavy atom. The largest absolute Gasteiger partial charge is 0.461 e. The highest BCUT2D eigenvalue weighted by Gasteiger charge is 2.29. The first kappa shape index (κ1) is 16.2. The third-order valence-electron chi connectivity index (χ3n) is 4.06. The van der Waals surface area contributed by atoms with Crippen molar-refractivity contribution in [3.63, 3.8) is 0 Å². The van der Waals surface area contributed by atoms with Gasteiger partial charge >= 0.3 is 0 Å². The van der Waals surface area contributed by atoms with Crippen molar-refractivity contribution in [2.24, 2.45) is 0 Å². The van der Waals surface area contributed by atoms with Crippen molar-refractivity contribution in [1.29, 1.82) is 0 Å². The normalized spacial score (nSPS) is 13.6. The van der Waals surface area contributed by atoms with Gasteiger partial charge in [0, 0.05) is 11.5 Å². The van der Waals surface area contributed by atoms with Crippen LogP contribution in [0.2, 0.25) is 0 Å². The molecule has 0 aliphatic carbocycles. The number of fused-ring (bicyclic) bond motifs is 1. The fraction of sp³-hybridized carbons (Fsp3) is 0.158. The Morgan fingerprint density at radius 3 is 2.81 bits per heavy atom. The molecule has 2 N–H and O–H groups in total. The van der Waals surface area contributed by atoms with E-state index < -0.39 is 11.5 Å². The molecule has 7 nitrogen and oxygen atoms in total. The smallest absolute Gasteiger partial charge is 0.273 e. The van der Waals surface area contributed by atoms with Crippen molar-refractivity contribution in [3.8, 4) is 11.5 Å². The number of benzene rings is 1. The maximum Gasteiger partial charge on any atom is 0.273 e. The summed E-state index contributed by atoms with van der Waals surface area (Å²) < 4.78 is 16.0. The van der Waals surface area contributed by atoms with E-state index in [-0.39, 0.29) is 12.2 Å². The lowest BCUT2D eigenvalue weighted by molar-refractivity contribution is 0.0343. The summed E-state index contributed by atoms with van der Waals surface area (Å²) >= 11 is 0. The summed E-state index contributed by atoms with van der Waals surface area (Å²) in [4.78, 5) is 12.3. The minimum atomic E-state index is -1.37. The van der Waals surface area contributed by atoms with E-state index in [0.29, 0.717) is 22.9 Å². The Kier molecular flexibility index (Phi) is 3.85. The number of furan rings is 2. The molecule has 0 aliphatic heterocycles. The van der Waals surface area contributed by atoms with E-state index in [9.17, 15) is 9.90 Å². The van der Waals surface area contributed by atoms with Gasteiger partial charge in [0.1, 0.15) is 16.9 Å². The van der Waals surface area contributed by atoms with Crippen LogP contribution in [-0.4, -0.2) is 22.7 Å². The van der Waals surface area contributed by atoms with Gasteiger partial charge in [0.15, 0.2) is 11.5 Å². The van der Waals surface area contributed by atoms with E-state index >= 15 is 0 Å². The molecule has 0 saturated carbocycles. The van der Waals surface area contributed by atoms with Crippen molar-refractivity contribution >= 4 is 16.9 Å². The number of hydrogen-bond donors (Lipinski definition) is 2. The predicted molar refractivity (Wildman–Crippen MR) is 92.3 cm³/mol. The fourth-order valence-electron chi connectivity index (χ4n) is 2.59. The number of nitrogens with one attached hydrogen (secondary N) is 1. The first-order chi connectivity index (χ1) is 12.5. The molecule has 1 unspecified atom stereocenters. The lowest BCUT2D eigenvalue weighted by Gasteiger charge is -2.20. The van der Waals surface area contributed by atoms with E-state index in [2.05, 4.69) is 10.5 Å². The second kappa shape index (κ2) is 6.20. The molecule has 26 heavy (non-hydrogen) atoms. The van der Waals surface area contributed by atoms with Gasteiger partial charge in [0.25, 0.3) is 5.91 Å². The van der Waals surface area contributed by atoms with Gasteiger partial charge in [-0.2, -0.15) is 0 Å². The molecule has 0 fully saturated rings. The Hall–Kier alpha value is -3.32. The molecular weight excluding hydrogens is 336 g/mol. The highest BCUT2D eigenvalue weighted by molar-refractivity contribution is 5.93. The van der Waals surface area contributed by atoms with E-state index in [0.717, 1.165) is 5.39 Å². The van der Waals surface area contributed by atoms with Crippen LogP contribution in [0.15, 0.2) is 68.2 Å². The van der Waals surface area contributed by atoms with Crippen molar-refractivity contribution in [1.82, 2.24) is 10.5 Å². The maximum atomic E-state index is 12.3. The molecule has 132 valence electrons. The van der Waals surface area contributed by atoms with E-state index in [1.165, 1.54) is 12.3 Å². The molecular formula is C19H16N2O5. The summed E-state index contributed by atoms with van der Waals surface area (Å²) in [6.07, 6.45) is 1.50. The number of aliphatic hydroxyl groups is 1. The van der Waals surface area contributed by atoms with Crippen molar-refractivity contribution < 1.29 is 23.3 Å². The number of hydrogen-bond acceptors (Lipinski definition) is 6. The highest BCUT2D eigenvalue weighted by atomic mass is 16.5. The van der Waals surface area contributed by atoms with Crippen LogP contribution in [0.5, 0.6) is 0 Å². The van der Waals surface area contributed by atoms with E-state index in [1.807, 2.05) is 24.3 Å². The number of carbonyl (C=O) groups excluding carboxylic acids is 1. The monoisotopic (exact) mass is 352 g/mol. The summed E-state index contributed by atoms with van der Waals surface area (Å²) in [6.45, 7) is 1.52. The van der Waals surface area contributed by atoms with Gasteiger partial charge in [-0.05, 0) is 31.2 Å². The Morgan fingerprint density at radius 2 is 2.04 bits per heavy atom. The summed E-state index contributed by atoms with van der Waals surface area (Å²) in [5.74, 6) is 0.730. The van der Waals surface area contributed by atoms with Gasteiger partial charge in [-0.3, -0.25) is 4.79 Å². The minimum absolute atomic E-state index is 0.0470. The van der Waals surface area contributed by atoms with Crippen LogP contribution in [0.3, 0.4) is 0 Å². The summed E-state index contributed by atoms with van der Waals surface area (Å²) in [7, 11) is 0. The molecule has 0 aliphatic rings. The van der Waals surface area contributed by atoms with Crippen LogP contribution < -0.4 is 5.32 Å². The van der Waals surface area contributed by atoms with E-state index in [1.54, 1.807) is 25.1 Å². The summed E-state index contributed by atoms with van der Waals surface area (Å²) in [5.41, 5.74) is -0.604. The Labute approximate surface area is 148 Å². The van der Waals surface area contributed by atoms with Crippen LogP contribution in [0.25, 0.3) is 22.5 Å². The second-order valence-corrected chi connectivity index (χ2v) is 6.16. The molecule has 4 aromatic rings. The number of aromatic nitrogens is 1. The first-order valence-electron chi connectivity index (χ1n) is 8.03. The Bertz CT molecular complexity index is 1010. The number of para-hydroxylation sites is 1. The number of carbonyl (C=O) groups is 1. The van der Waals surface area contributed by atoms with Gasteiger partial charge in [-0.1, -0.05) is 23.4 Å². The van der Waals surface area contributed by atoms with E-state index in [4.69, 9.17) is 13.4 Å². The number of nitrogens with zero attached hydrogens (tertiary/aromatic N) is 1. The van der Waals surface area contributed by atoms with Gasteiger partial charge in [-0.15, -0.1) is 0 Å². The molecule has 1 atom stereocenters. The van der Waals surface area contributed by atoms with Gasteiger partial charge in [-0.25, -0.2) is 0 Å². The van der Waals surface area contributed by atoms with Crippen LogP contribution in [0.4, 0.5) is 0 Å². The Balaban J connectivity index is 1.46. The second-order valence-electron chi connectivity index (χ2n) is 6.16. The molecule has 3 aromatic heterocycles. The maximum absolute atomic E-state index is 12.3. The number of amides is 1. The zero-order valence-electron chi connectivity index (χ0n) is 13.9. The minimum Gasteiger partial charge on any atom is -0.461 e. The van der Waals surface area contributed by atoms with Crippen LogP contribution in [-0.2, 0) is 5.60 Å². The molecule has 1 aromatic carbocycles. The average molecular weight is 352 g/mol. The molecule has 0 bridgehead atoms. The standard InChI is InChI=1S/C19H16N2O5/c1-19(23,17-9-12-5-2-3-6-14(12)25-17)11-20-18(22)13-10-16(26-21-13)15-7-4-8-24-15/h2-10,23H,11H2,1H3,(H,20,22). The third kappa shape index (κ3) is 3.00. The average Bonchev–Trinajstić information content (AvgIpc) is 3.39. The number of rotatable bonds is 5. The highest BCUT2D eigenvalue weighted by Crippen LogP contribution is 2.27. The molecule has 1 amide bonds. The van der Waals surface area contributed by atoms with Crippen molar-refractivity contribution in [2.45, 2.75) is 12.5 Å². The topological polar surface area (TPSA) is 102 Å². The molecule has 0 radical (unpaired) electrons. The third-order valence-corrected chi connectivity index (χ3v) is 4.06. The lowest BCUT2D eigenvalue weighted by atomic mass is 10.0. The molecule has 0 spiro atoms. The quantitative estimate of drug-likeness (QED) is 0.571. The lowest BCUT2D eigenvalue weighted by Crippen LogP contribution is -2.38. The molecule has 3 heterocycles. The molecule has 7 heteroatoms. The zero-order chi connectivity index (χ0) is 18.1. The van der Waals surface area contributed by atoms with Crippen LogP contribution >= 0.6 is 0 Å². The molecule has 0 saturated heterocycles. The predicted octanol–water partition coefficient (Wildman–Crippen LogP) is 3.32. The first-order valence-corrected chi connectivity index (χ1v) is 8.03. The van der Waals surface area contributed by atoms with Gasteiger partial charge < -0.3 is 23.8 Å². The summed E-state index contributed by atoms with van der Waals surface area (Å²) in [5, 5.41) is 17.9. The van der Waals surface area contributed by atoms with Gasteiger partial charge in [0.05, 0.1) is 12.8 Å². The fourth-order valence-corrected chi connectivity index (χ4v) is 2.59.